The van der Waals surface area contributed by atoms with Crippen molar-refractivity contribution in [3.8, 4) is 5.75 Å². The molecular weight excluding hydrogens is 405 g/mol. The van der Waals surface area contributed by atoms with E-state index < -0.39 is 0 Å². The van der Waals surface area contributed by atoms with Crippen molar-refractivity contribution in [3.63, 3.8) is 0 Å². The molecule has 2 aromatic carbocycles. The maximum absolute atomic E-state index is 13.0. The Hall–Kier alpha value is -2.25. The lowest BCUT2D eigenvalue weighted by Gasteiger charge is -2.09. The van der Waals surface area contributed by atoms with Gasteiger partial charge in [0.05, 0.1) is 11.9 Å². The van der Waals surface area contributed by atoms with Crippen molar-refractivity contribution in [2.24, 2.45) is 5.10 Å². The van der Waals surface area contributed by atoms with Crippen LogP contribution in [0.15, 0.2) is 57.4 Å². The number of anilines is 1. The fourth-order valence-electron chi connectivity index (χ4n) is 2.06. The Balaban J connectivity index is 1.70. The van der Waals surface area contributed by atoms with E-state index in [2.05, 4.69) is 31.4 Å². The summed E-state index contributed by atoms with van der Waals surface area (Å²) in [6, 6.07) is 11.9. The highest BCUT2D eigenvalue weighted by atomic mass is 79.9. The normalized spacial score (nSPS) is 11.0. The van der Waals surface area contributed by atoms with Gasteiger partial charge in [0.15, 0.2) is 0 Å². The Morgan fingerprint density at radius 1 is 1.28 bits per heavy atom. The Morgan fingerprint density at radius 2 is 2.08 bits per heavy atom. The molecule has 3 rings (SSSR count). The van der Waals surface area contributed by atoms with Crippen molar-refractivity contribution < 1.29 is 9.13 Å². The van der Waals surface area contributed by atoms with Gasteiger partial charge in [0.1, 0.15) is 18.2 Å². The minimum atomic E-state index is -0.260. The minimum absolute atomic E-state index is 0.260. The third-order valence-electron chi connectivity index (χ3n) is 3.26. The van der Waals surface area contributed by atoms with Gasteiger partial charge in [-0.3, -0.25) is 5.43 Å². The van der Waals surface area contributed by atoms with Crippen LogP contribution in [-0.4, -0.2) is 11.2 Å². The van der Waals surface area contributed by atoms with Crippen molar-refractivity contribution in [2.45, 2.75) is 13.5 Å². The van der Waals surface area contributed by atoms with E-state index in [1.54, 1.807) is 18.3 Å². The largest absolute Gasteiger partial charge is 0.488 e. The van der Waals surface area contributed by atoms with E-state index in [1.807, 2.05) is 30.5 Å². The molecule has 0 bridgehead atoms. The molecular formula is C18H15BrFN3OS. The molecule has 1 aromatic heterocycles. The lowest BCUT2D eigenvalue weighted by Crippen LogP contribution is -1.99. The maximum atomic E-state index is 13.0. The second kappa shape index (κ2) is 8.22. The van der Waals surface area contributed by atoms with Crippen LogP contribution in [0.2, 0.25) is 0 Å². The summed E-state index contributed by atoms with van der Waals surface area (Å²) in [5.74, 6) is 0.428. The number of ether oxygens (including phenoxy) is 1. The first-order valence-corrected chi connectivity index (χ1v) is 9.15. The molecule has 0 radical (unpaired) electrons. The van der Waals surface area contributed by atoms with E-state index in [-0.39, 0.29) is 5.82 Å². The molecule has 1 heterocycles. The van der Waals surface area contributed by atoms with E-state index in [4.69, 9.17) is 4.74 Å². The molecule has 0 aliphatic rings. The summed E-state index contributed by atoms with van der Waals surface area (Å²) < 4.78 is 19.7. The van der Waals surface area contributed by atoms with Crippen LogP contribution in [0.1, 0.15) is 16.8 Å². The first-order chi connectivity index (χ1) is 12.1. The van der Waals surface area contributed by atoms with Gasteiger partial charge < -0.3 is 4.74 Å². The molecule has 0 amide bonds. The number of aryl methyl sites for hydroxylation is 1. The van der Waals surface area contributed by atoms with E-state index in [1.165, 1.54) is 23.5 Å². The van der Waals surface area contributed by atoms with Crippen LogP contribution >= 0.6 is 27.3 Å². The number of benzene rings is 2. The number of hydrogen-bond acceptors (Lipinski definition) is 5. The number of halogens is 2. The molecule has 7 heteroatoms. The highest BCUT2D eigenvalue weighted by Crippen LogP contribution is 2.23. The Bertz CT molecular complexity index is 880. The second-order valence-corrected chi connectivity index (χ2v) is 7.04. The molecule has 0 saturated heterocycles. The summed E-state index contributed by atoms with van der Waals surface area (Å²) >= 11 is 4.94. The van der Waals surface area contributed by atoms with Crippen LogP contribution in [0.25, 0.3) is 0 Å². The fraction of sp³-hybridized carbons (Fsp3) is 0.111. The lowest BCUT2D eigenvalue weighted by molar-refractivity contribution is 0.305. The van der Waals surface area contributed by atoms with Gasteiger partial charge in [-0.25, -0.2) is 9.37 Å². The van der Waals surface area contributed by atoms with Crippen molar-refractivity contribution in [1.82, 2.24) is 4.98 Å². The molecule has 3 aromatic rings. The summed E-state index contributed by atoms with van der Waals surface area (Å²) in [7, 11) is 0. The monoisotopic (exact) mass is 419 g/mol. The Labute approximate surface area is 157 Å². The molecule has 0 spiro atoms. The van der Waals surface area contributed by atoms with Crippen LogP contribution in [0, 0.1) is 12.7 Å². The van der Waals surface area contributed by atoms with E-state index in [0.29, 0.717) is 12.4 Å². The SMILES string of the molecule is Cc1csc(NN=Cc2cc(Br)ccc2OCc2ccc(F)cc2)n1. The maximum Gasteiger partial charge on any atom is 0.203 e. The summed E-state index contributed by atoms with van der Waals surface area (Å²) in [5.41, 5.74) is 5.57. The van der Waals surface area contributed by atoms with Gasteiger partial charge in [-0.1, -0.05) is 28.1 Å². The first kappa shape index (κ1) is 17.6. The molecule has 0 fully saturated rings. The quantitative estimate of drug-likeness (QED) is 0.430. The standard InChI is InChI=1S/C18H15BrFN3OS/c1-12-11-25-18(22-12)23-21-9-14-8-15(19)4-7-17(14)24-10-13-2-5-16(20)6-3-13/h2-9,11H,10H2,1H3,(H,22,23). The molecule has 25 heavy (non-hydrogen) atoms. The zero-order chi connectivity index (χ0) is 17.6. The van der Waals surface area contributed by atoms with Gasteiger partial charge in [-0.15, -0.1) is 11.3 Å². The number of nitrogens with one attached hydrogen (secondary N) is 1. The predicted molar refractivity (Wildman–Crippen MR) is 103 cm³/mol. The van der Waals surface area contributed by atoms with Gasteiger partial charge in [0.25, 0.3) is 0 Å². The second-order valence-electron chi connectivity index (χ2n) is 5.26. The summed E-state index contributed by atoms with van der Waals surface area (Å²) in [6.45, 7) is 2.28. The van der Waals surface area contributed by atoms with Crippen molar-refractivity contribution in [2.75, 3.05) is 5.43 Å². The highest BCUT2D eigenvalue weighted by molar-refractivity contribution is 9.10. The summed E-state index contributed by atoms with van der Waals surface area (Å²) in [4.78, 5) is 4.29. The van der Waals surface area contributed by atoms with Crippen molar-refractivity contribution in [1.29, 1.82) is 0 Å². The number of aromatic nitrogens is 1. The topological polar surface area (TPSA) is 46.5 Å². The fourth-order valence-corrected chi connectivity index (χ4v) is 3.07. The molecule has 128 valence electrons. The van der Waals surface area contributed by atoms with E-state index >= 15 is 0 Å². The Morgan fingerprint density at radius 3 is 2.80 bits per heavy atom. The zero-order valence-corrected chi connectivity index (χ0v) is 15.8. The molecule has 1 N–H and O–H groups in total. The van der Waals surface area contributed by atoms with Gasteiger partial charge in [-0.2, -0.15) is 5.10 Å². The van der Waals surface area contributed by atoms with Crippen molar-refractivity contribution in [3.05, 3.63) is 75.0 Å². The summed E-state index contributed by atoms with van der Waals surface area (Å²) in [5, 5.41) is 6.90. The van der Waals surface area contributed by atoms with Crippen molar-refractivity contribution >= 4 is 38.6 Å². The van der Waals surface area contributed by atoms with Crippen LogP contribution in [0.3, 0.4) is 0 Å². The lowest BCUT2D eigenvalue weighted by atomic mass is 10.2. The summed E-state index contributed by atoms with van der Waals surface area (Å²) in [6.07, 6.45) is 1.68. The molecule has 0 aliphatic heterocycles. The third-order valence-corrected chi connectivity index (χ3v) is 4.62. The Kier molecular flexibility index (Phi) is 5.78. The van der Waals surface area contributed by atoms with Gasteiger partial charge >= 0.3 is 0 Å². The molecule has 0 atom stereocenters. The van der Waals surface area contributed by atoms with Gasteiger partial charge in [0, 0.05) is 15.4 Å². The highest BCUT2D eigenvalue weighted by Gasteiger charge is 2.04. The number of rotatable bonds is 6. The van der Waals surface area contributed by atoms with Crippen LogP contribution in [-0.2, 0) is 6.61 Å². The number of hydrogen-bond donors (Lipinski definition) is 1. The molecule has 0 aliphatic carbocycles. The number of thiazole rings is 1. The molecule has 0 saturated carbocycles. The molecule has 4 nitrogen and oxygen atoms in total. The predicted octanol–water partition coefficient (Wildman–Crippen LogP) is 5.38. The number of hydrazone groups is 1. The van der Waals surface area contributed by atoms with Crippen LogP contribution in [0.4, 0.5) is 9.52 Å². The molecule has 0 unspecified atom stereocenters. The van der Waals surface area contributed by atoms with E-state index in [0.717, 1.165) is 26.4 Å². The average molecular weight is 420 g/mol. The minimum Gasteiger partial charge on any atom is -0.488 e. The zero-order valence-electron chi connectivity index (χ0n) is 13.4. The van der Waals surface area contributed by atoms with Gasteiger partial charge in [-0.05, 0) is 42.8 Å². The van der Waals surface area contributed by atoms with E-state index in [9.17, 15) is 4.39 Å². The average Bonchev–Trinajstić information content (AvgIpc) is 3.01. The first-order valence-electron chi connectivity index (χ1n) is 7.48. The van der Waals surface area contributed by atoms with Crippen LogP contribution < -0.4 is 10.2 Å². The number of nitrogens with zero attached hydrogens (tertiary/aromatic N) is 2. The third kappa shape index (κ3) is 5.11. The smallest absolute Gasteiger partial charge is 0.203 e. The van der Waals surface area contributed by atoms with Gasteiger partial charge in [0.2, 0.25) is 5.13 Å². The van der Waals surface area contributed by atoms with Crippen LogP contribution in [0.5, 0.6) is 5.75 Å².